The molecular formula is C21H21N3O4. The van der Waals surface area contributed by atoms with Crippen molar-refractivity contribution in [1.82, 2.24) is 14.4 Å². The molecule has 0 aliphatic carbocycles. The third-order valence-corrected chi connectivity index (χ3v) is 5.13. The molecule has 3 aromatic rings. The van der Waals surface area contributed by atoms with E-state index in [9.17, 15) is 14.4 Å². The van der Waals surface area contributed by atoms with Gasteiger partial charge in [-0.25, -0.2) is 0 Å². The smallest absolute Gasteiger partial charge is 0.289 e. The Morgan fingerprint density at radius 1 is 0.964 bits per heavy atom. The molecule has 7 heteroatoms. The third kappa shape index (κ3) is 3.31. The van der Waals surface area contributed by atoms with Crippen LogP contribution in [0.2, 0.25) is 0 Å². The van der Waals surface area contributed by atoms with Crippen LogP contribution in [0.4, 0.5) is 0 Å². The Labute approximate surface area is 162 Å². The summed E-state index contributed by atoms with van der Waals surface area (Å²) in [5.41, 5.74) is 1.49. The topological polar surface area (TPSA) is 75.8 Å². The first-order chi connectivity index (χ1) is 13.5. The van der Waals surface area contributed by atoms with Gasteiger partial charge in [-0.1, -0.05) is 18.2 Å². The minimum Gasteiger partial charge on any atom is -0.459 e. The molecule has 0 atom stereocenters. The molecule has 2 aromatic heterocycles. The fourth-order valence-electron chi connectivity index (χ4n) is 3.62. The zero-order valence-corrected chi connectivity index (χ0v) is 15.6. The van der Waals surface area contributed by atoms with Crippen LogP contribution in [0.1, 0.15) is 27.8 Å². The number of hydrogen-bond donors (Lipinski definition) is 0. The Bertz CT molecular complexity index is 1030. The van der Waals surface area contributed by atoms with Crippen molar-refractivity contribution in [2.24, 2.45) is 0 Å². The zero-order chi connectivity index (χ0) is 19.7. The number of para-hydroxylation sites is 1. The van der Waals surface area contributed by atoms with Crippen LogP contribution in [0.25, 0.3) is 10.9 Å². The number of Topliss-reactive ketones (excluding diaryl/α,β-unsaturated/α-hetero) is 1. The summed E-state index contributed by atoms with van der Waals surface area (Å²) < 4.78 is 6.99. The number of ketones is 1. The quantitative estimate of drug-likeness (QED) is 0.653. The van der Waals surface area contributed by atoms with Crippen molar-refractivity contribution in [3.05, 3.63) is 60.2 Å². The van der Waals surface area contributed by atoms with Crippen molar-refractivity contribution in [3.63, 3.8) is 0 Å². The molecule has 7 nitrogen and oxygen atoms in total. The highest BCUT2D eigenvalue weighted by Gasteiger charge is 2.26. The van der Waals surface area contributed by atoms with Crippen LogP contribution < -0.4 is 0 Å². The summed E-state index contributed by atoms with van der Waals surface area (Å²) in [5.74, 6) is 0.114. The SMILES string of the molecule is CC(=O)c1cn(CC(=O)N2CCN(C(=O)c3ccco3)CC2)c2ccccc12. The summed E-state index contributed by atoms with van der Waals surface area (Å²) in [5, 5.41) is 0.858. The number of piperazine rings is 1. The van der Waals surface area contributed by atoms with E-state index in [1.54, 1.807) is 28.1 Å². The molecule has 3 heterocycles. The standard InChI is InChI=1S/C21H21N3O4/c1-15(25)17-13-24(18-6-3-2-5-16(17)18)14-20(26)22-8-10-23(11-9-22)21(27)19-7-4-12-28-19/h2-7,12-13H,8-11,14H2,1H3. The number of benzene rings is 1. The van der Waals surface area contributed by atoms with Crippen LogP contribution in [0.3, 0.4) is 0 Å². The molecule has 1 aliphatic rings. The van der Waals surface area contributed by atoms with Crippen molar-refractivity contribution in [2.45, 2.75) is 13.5 Å². The van der Waals surface area contributed by atoms with Gasteiger partial charge in [-0.05, 0) is 25.1 Å². The van der Waals surface area contributed by atoms with Gasteiger partial charge in [-0.2, -0.15) is 0 Å². The van der Waals surface area contributed by atoms with Gasteiger partial charge in [0.15, 0.2) is 11.5 Å². The molecule has 0 spiro atoms. The maximum absolute atomic E-state index is 12.8. The van der Waals surface area contributed by atoms with Crippen molar-refractivity contribution in [3.8, 4) is 0 Å². The average molecular weight is 379 g/mol. The second-order valence-corrected chi connectivity index (χ2v) is 6.89. The molecule has 144 valence electrons. The molecule has 4 rings (SSSR count). The van der Waals surface area contributed by atoms with Gasteiger partial charge >= 0.3 is 0 Å². The monoisotopic (exact) mass is 379 g/mol. The van der Waals surface area contributed by atoms with E-state index in [2.05, 4.69) is 0 Å². The number of nitrogens with zero attached hydrogens (tertiary/aromatic N) is 3. The van der Waals surface area contributed by atoms with Crippen LogP contribution in [0.5, 0.6) is 0 Å². The van der Waals surface area contributed by atoms with E-state index < -0.39 is 0 Å². The van der Waals surface area contributed by atoms with E-state index in [4.69, 9.17) is 4.42 Å². The van der Waals surface area contributed by atoms with Gasteiger partial charge in [0.1, 0.15) is 6.54 Å². The van der Waals surface area contributed by atoms with E-state index in [0.717, 1.165) is 10.9 Å². The second kappa shape index (κ2) is 7.34. The molecule has 0 saturated carbocycles. The molecular weight excluding hydrogens is 358 g/mol. The Morgan fingerprint density at radius 3 is 2.36 bits per heavy atom. The van der Waals surface area contributed by atoms with Crippen molar-refractivity contribution < 1.29 is 18.8 Å². The number of rotatable bonds is 4. The third-order valence-electron chi connectivity index (χ3n) is 5.13. The van der Waals surface area contributed by atoms with Crippen LogP contribution in [-0.2, 0) is 11.3 Å². The molecule has 0 N–H and O–H groups in total. The van der Waals surface area contributed by atoms with E-state index >= 15 is 0 Å². The minimum absolute atomic E-state index is 0.0209. The highest BCUT2D eigenvalue weighted by molar-refractivity contribution is 6.07. The zero-order valence-electron chi connectivity index (χ0n) is 15.6. The summed E-state index contributed by atoms with van der Waals surface area (Å²) in [7, 11) is 0. The first-order valence-electron chi connectivity index (χ1n) is 9.24. The van der Waals surface area contributed by atoms with Crippen molar-refractivity contribution >= 4 is 28.5 Å². The number of fused-ring (bicyclic) bond motifs is 1. The largest absolute Gasteiger partial charge is 0.459 e. The molecule has 28 heavy (non-hydrogen) atoms. The lowest BCUT2D eigenvalue weighted by Crippen LogP contribution is -2.51. The van der Waals surface area contributed by atoms with Crippen LogP contribution in [0, 0.1) is 0 Å². The van der Waals surface area contributed by atoms with Gasteiger partial charge < -0.3 is 18.8 Å². The second-order valence-electron chi connectivity index (χ2n) is 6.89. The van der Waals surface area contributed by atoms with E-state index in [-0.39, 0.29) is 24.1 Å². The van der Waals surface area contributed by atoms with E-state index in [0.29, 0.717) is 37.5 Å². The molecule has 1 aliphatic heterocycles. The highest BCUT2D eigenvalue weighted by Crippen LogP contribution is 2.22. The van der Waals surface area contributed by atoms with Gasteiger partial charge in [-0.3, -0.25) is 14.4 Å². The van der Waals surface area contributed by atoms with Crippen LogP contribution >= 0.6 is 0 Å². The number of carbonyl (C=O) groups is 3. The van der Waals surface area contributed by atoms with E-state index in [1.165, 1.54) is 13.2 Å². The lowest BCUT2D eigenvalue weighted by molar-refractivity contribution is -0.133. The van der Waals surface area contributed by atoms with Crippen LogP contribution in [0.15, 0.2) is 53.3 Å². The van der Waals surface area contributed by atoms with Gasteiger partial charge in [0, 0.05) is 48.8 Å². The minimum atomic E-state index is -0.153. The number of hydrogen-bond acceptors (Lipinski definition) is 4. The number of amides is 2. The summed E-state index contributed by atoms with van der Waals surface area (Å²) in [6.45, 7) is 3.59. The van der Waals surface area contributed by atoms with Gasteiger partial charge in [0.2, 0.25) is 5.91 Å². The number of furan rings is 1. The fourth-order valence-corrected chi connectivity index (χ4v) is 3.62. The first-order valence-corrected chi connectivity index (χ1v) is 9.24. The Kier molecular flexibility index (Phi) is 4.73. The van der Waals surface area contributed by atoms with Crippen molar-refractivity contribution in [2.75, 3.05) is 26.2 Å². The predicted octanol–water partition coefficient (Wildman–Crippen LogP) is 2.42. The normalized spacial score (nSPS) is 14.5. The average Bonchev–Trinajstić information content (AvgIpc) is 3.36. The van der Waals surface area contributed by atoms with Gasteiger partial charge in [-0.15, -0.1) is 0 Å². The Hall–Kier alpha value is -3.35. The van der Waals surface area contributed by atoms with Gasteiger partial charge in [0.25, 0.3) is 5.91 Å². The van der Waals surface area contributed by atoms with Crippen LogP contribution in [-0.4, -0.2) is 58.1 Å². The lowest BCUT2D eigenvalue weighted by Gasteiger charge is -2.34. The first kappa shape index (κ1) is 18.0. The van der Waals surface area contributed by atoms with Crippen molar-refractivity contribution in [1.29, 1.82) is 0 Å². The molecule has 1 aromatic carbocycles. The summed E-state index contributed by atoms with van der Waals surface area (Å²) >= 11 is 0. The molecule has 1 fully saturated rings. The maximum atomic E-state index is 12.8. The molecule has 0 bridgehead atoms. The maximum Gasteiger partial charge on any atom is 0.289 e. The summed E-state index contributed by atoms with van der Waals surface area (Å²) in [6.07, 6.45) is 3.23. The molecule has 2 amide bonds. The summed E-state index contributed by atoms with van der Waals surface area (Å²) in [4.78, 5) is 40.5. The Morgan fingerprint density at radius 2 is 1.68 bits per heavy atom. The number of aromatic nitrogens is 1. The predicted molar refractivity (Wildman–Crippen MR) is 103 cm³/mol. The molecule has 0 unspecified atom stereocenters. The van der Waals surface area contributed by atoms with E-state index in [1.807, 2.05) is 28.8 Å². The molecule has 1 saturated heterocycles. The fraction of sp³-hybridized carbons (Fsp3) is 0.286. The Balaban J connectivity index is 1.44. The van der Waals surface area contributed by atoms with Gasteiger partial charge in [0.05, 0.1) is 6.26 Å². The lowest BCUT2D eigenvalue weighted by atomic mass is 10.1. The molecule has 0 radical (unpaired) electrons. The number of carbonyl (C=O) groups excluding carboxylic acids is 3. The highest BCUT2D eigenvalue weighted by atomic mass is 16.3. The summed E-state index contributed by atoms with van der Waals surface area (Å²) in [6, 6.07) is 10.9.